The number of thiophene rings is 1. The summed E-state index contributed by atoms with van der Waals surface area (Å²) in [6, 6.07) is 19.8. The third-order valence-corrected chi connectivity index (χ3v) is 6.14. The van der Waals surface area contributed by atoms with Gasteiger partial charge in [-0.15, -0.1) is 22.7 Å². The molecule has 152 valence electrons. The Morgan fingerprint density at radius 2 is 1.84 bits per heavy atom. The van der Waals surface area contributed by atoms with Crippen molar-refractivity contribution in [2.24, 2.45) is 0 Å². The molecular formula is C23H16N4O2S2. The lowest BCUT2D eigenvalue weighted by molar-refractivity contribution is 0.101. The molecule has 2 aromatic heterocycles. The Morgan fingerprint density at radius 1 is 1.00 bits per heavy atom. The van der Waals surface area contributed by atoms with Gasteiger partial charge < -0.3 is 5.32 Å². The largest absolute Gasteiger partial charge is 0.321 e. The predicted octanol–water partition coefficient (Wildman–Crippen LogP) is 5.17. The van der Waals surface area contributed by atoms with Crippen LogP contribution in [0.1, 0.15) is 36.0 Å². The highest BCUT2D eigenvalue weighted by Crippen LogP contribution is 2.23. The van der Waals surface area contributed by atoms with E-state index in [0.29, 0.717) is 33.2 Å². The van der Waals surface area contributed by atoms with E-state index in [1.54, 1.807) is 48.7 Å². The Morgan fingerprint density at radius 3 is 2.58 bits per heavy atom. The number of nitrogens with zero attached hydrogens (tertiary/aromatic N) is 2. The van der Waals surface area contributed by atoms with E-state index in [9.17, 15) is 9.59 Å². The lowest BCUT2D eigenvalue weighted by atomic mass is 10.1. The number of carbonyl (C=O) groups is 2. The molecule has 0 fully saturated rings. The quantitative estimate of drug-likeness (QED) is 0.429. The summed E-state index contributed by atoms with van der Waals surface area (Å²) in [6.07, 6.45) is 2.40. The molecule has 31 heavy (non-hydrogen) atoms. The number of benzene rings is 2. The second kappa shape index (κ2) is 9.34. The van der Waals surface area contributed by atoms with Crippen LogP contribution in [0.3, 0.4) is 0 Å². The van der Waals surface area contributed by atoms with E-state index < -0.39 is 0 Å². The molecule has 4 aromatic rings. The molecular weight excluding hydrogens is 428 g/mol. The number of amides is 2. The molecule has 0 saturated carbocycles. The summed E-state index contributed by atoms with van der Waals surface area (Å²) in [5, 5.41) is 16.8. The maximum absolute atomic E-state index is 12.6. The van der Waals surface area contributed by atoms with Crippen LogP contribution >= 0.6 is 22.7 Å². The average molecular weight is 445 g/mol. The molecule has 2 aromatic carbocycles. The van der Waals surface area contributed by atoms with Crippen LogP contribution in [-0.2, 0) is 6.42 Å². The number of nitriles is 1. The van der Waals surface area contributed by atoms with Crippen LogP contribution in [0.5, 0.6) is 0 Å². The number of carbonyl (C=O) groups excluding carboxylic acids is 2. The SMILES string of the molecule is N#Cc1ccc(Cc2cnc(NC(=O)c3cccc(NC(=O)c4cccs4)c3)s2)cc1. The van der Waals surface area contributed by atoms with Gasteiger partial charge in [0.25, 0.3) is 11.8 Å². The van der Waals surface area contributed by atoms with E-state index in [1.807, 2.05) is 23.6 Å². The fourth-order valence-corrected chi connectivity index (χ4v) is 4.31. The zero-order valence-corrected chi connectivity index (χ0v) is 17.8. The second-order valence-electron chi connectivity index (χ2n) is 6.58. The van der Waals surface area contributed by atoms with Gasteiger partial charge in [-0.05, 0) is 47.3 Å². The van der Waals surface area contributed by atoms with E-state index in [4.69, 9.17) is 5.26 Å². The van der Waals surface area contributed by atoms with Gasteiger partial charge in [0.05, 0.1) is 16.5 Å². The van der Waals surface area contributed by atoms with Crippen LogP contribution in [0.2, 0.25) is 0 Å². The van der Waals surface area contributed by atoms with Crippen LogP contribution in [0.4, 0.5) is 10.8 Å². The van der Waals surface area contributed by atoms with Crippen molar-refractivity contribution < 1.29 is 9.59 Å². The van der Waals surface area contributed by atoms with Crippen LogP contribution in [0.15, 0.2) is 72.2 Å². The van der Waals surface area contributed by atoms with Gasteiger partial charge in [-0.2, -0.15) is 5.26 Å². The summed E-state index contributed by atoms with van der Waals surface area (Å²) < 4.78 is 0. The van der Waals surface area contributed by atoms with Gasteiger partial charge in [-0.25, -0.2) is 4.98 Å². The monoisotopic (exact) mass is 444 g/mol. The summed E-state index contributed by atoms with van der Waals surface area (Å²) in [7, 11) is 0. The molecule has 0 bridgehead atoms. The van der Waals surface area contributed by atoms with Crippen molar-refractivity contribution in [1.82, 2.24) is 4.98 Å². The molecule has 0 unspecified atom stereocenters. The van der Waals surface area contributed by atoms with Crippen LogP contribution in [0.25, 0.3) is 0 Å². The first-order valence-corrected chi connectivity index (χ1v) is 11.0. The Kier molecular flexibility index (Phi) is 6.17. The molecule has 8 heteroatoms. The lowest BCUT2D eigenvalue weighted by Gasteiger charge is -2.06. The predicted molar refractivity (Wildman–Crippen MR) is 123 cm³/mol. The fourth-order valence-electron chi connectivity index (χ4n) is 2.85. The van der Waals surface area contributed by atoms with Crippen molar-refractivity contribution in [3.63, 3.8) is 0 Å². The van der Waals surface area contributed by atoms with Crippen molar-refractivity contribution in [2.45, 2.75) is 6.42 Å². The molecule has 0 radical (unpaired) electrons. The van der Waals surface area contributed by atoms with Gasteiger partial charge in [0.15, 0.2) is 5.13 Å². The normalized spacial score (nSPS) is 10.3. The van der Waals surface area contributed by atoms with E-state index in [2.05, 4.69) is 21.7 Å². The minimum Gasteiger partial charge on any atom is -0.321 e. The van der Waals surface area contributed by atoms with Crippen LogP contribution in [-0.4, -0.2) is 16.8 Å². The summed E-state index contributed by atoms with van der Waals surface area (Å²) in [5.41, 5.74) is 2.66. The molecule has 0 spiro atoms. The number of nitrogens with one attached hydrogen (secondary N) is 2. The average Bonchev–Trinajstić information content (AvgIpc) is 3.47. The third kappa shape index (κ3) is 5.22. The van der Waals surface area contributed by atoms with Gasteiger partial charge in [-0.3, -0.25) is 14.9 Å². The molecule has 0 atom stereocenters. The first-order valence-electron chi connectivity index (χ1n) is 9.31. The topological polar surface area (TPSA) is 94.9 Å². The van der Waals surface area contributed by atoms with E-state index in [-0.39, 0.29) is 11.8 Å². The Labute approximate surface area is 186 Å². The van der Waals surface area contributed by atoms with E-state index >= 15 is 0 Å². The number of rotatable bonds is 6. The van der Waals surface area contributed by atoms with Gasteiger partial charge in [0, 0.05) is 28.7 Å². The molecule has 4 rings (SSSR count). The zero-order chi connectivity index (χ0) is 21.6. The molecule has 2 heterocycles. The zero-order valence-electron chi connectivity index (χ0n) is 16.2. The number of aromatic nitrogens is 1. The minimum absolute atomic E-state index is 0.208. The highest BCUT2D eigenvalue weighted by molar-refractivity contribution is 7.15. The molecule has 2 amide bonds. The van der Waals surface area contributed by atoms with E-state index in [1.165, 1.54) is 22.7 Å². The fraction of sp³-hybridized carbons (Fsp3) is 0.0435. The van der Waals surface area contributed by atoms with Crippen molar-refractivity contribution in [3.05, 3.63) is 98.7 Å². The van der Waals surface area contributed by atoms with Crippen molar-refractivity contribution in [2.75, 3.05) is 10.6 Å². The number of hydrogen-bond acceptors (Lipinski definition) is 6. The highest BCUT2D eigenvalue weighted by atomic mass is 32.1. The van der Waals surface area contributed by atoms with Crippen molar-refractivity contribution in [1.29, 1.82) is 5.26 Å². The van der Waals surface area contributed by atoms with Gasteiger partial charge >= 0.3 is 0 Å². The highest BCUT2D eigenvalue weighted by Gasteiger charge is 2.12. The Balaban J connectivity index is 1.39. The standard InChI is InChI=1S/C23H16N4O2S2/c24-13-16-8-6-15(7-9-16)11-19-14-25-23(31-19)27-21(28)17-3-1-4-18(12-17)26-22(29)20-5-2-10-30-20/h1-10,12,14H,11H2,(H,26,29)(H,25,27,28). The lowest BCUT2D eigenvalue weighted by Crippen LogP contribution is -2.14. The van der Waals surface area contributed by atoms with Crippen molar-refractivity contribution >= 4 is 45.3 Å². The molecule has 0 aliphatic heterocycles. The first-order chi connectivity index (χ1) is 15.1. The molecule has 0 saturated heterocycles. The van der Waals surface area contributed by atoms with E-state index in [0.717, 1.165) is 10.4 Å². The molecule has 6 nitrogen and oxygen atoms in total. The molecule has 0 aliphatic carbocycles. The first kappa shape index (κ1) is 20.5. The number of thiazole rings is 1. The van der Waals surface area contributed by atoms with Gasteiger partial charge in [0.1, 0.15) is 0 Å². The third-order valence-electron chi connectivity index (χ3n) is 4.36. The van der Waals surface area contributed by atoms with Crippen molar-refractivity contribution in [3.8, 4) is 6.07 Å². The number of anilines is 2. The summed E-state index contributed by atoms with van der Waals surface area (Å²) in [4.78, 5) is 30.7. The van der Waals surface area contributed by atoms with Gasteiger partial charge in [0.2, 0.25) is 0 Å². The summed E-state index contributed by atoms with van der Waals surface area (Å²) in [5.74, 6) is -0.508. The Bertz CT molecular complexity index is 1260. The summed E-state index contributed by atoms with van der Waals surface area (Å²) in [6.45, 7) is 0. The number of hydrogen-bond donors (Lipinski definition) is 2. The second-order valence-corrected chi connectivity index (χ2v) is 8.65. The van der Waals surface area contributed by atoms with Crippen LogP contribution < -0.4 is 10.6 Å². The van der Waals surface area contributed by atoms with Crippen LogP contribution in [0, 0.1) is 11.3 Å². The maximum Gasteiger partial charge on any atom is 0.265 e. The minimum atomic E-state index is -0.300. The molecule has 0 aliphatic rings. The maximum atomic E-state index is 12.6. The molecule has 2 N–H and O–H groups in total. The smallest absolute Gasteiger partial charge is 0.265 e. The summed E-state index contributed by atoms with van der Waals surface area (Å²) >= 11 is 2.75. The Hall–Kier alpha value is -3.80. The van der Waals surface area contributed by atoms with Gasteiger partial charge in [-0.1, -0.05) is 24.3 Å².